The van der Waals surface area contributed by atoms with E-state index in [4.69, 9.17) is 4.74 Å². The molecule has 2 rings (SSSR count). The van der Waals surface area contributed by atoms with Gasteiger partial charge >= 0.3 is 0 Å². The Morgan fingerprint density at radius 1 is 1.46 bits per heavy atom. The summed E-state index contributed by atoms with van der Waals surface area (Å²) >= 11 is 0. The highest BCUT2D eigenvalue weighted by Gasteiger charge is 2.40. The fourth-order valence-corrected chi connectivity index (χ4v) is 1.90. The lowest BCUT2D eigenvalue weighted by Gasteiger charge is -2.15. The van der Waals surface area contributed by atoms with Gasteiger partial charge in [0.25, 0.3) is 0 Å². The van der Waals surface area contributed by atoms with Gasteiger partial charge in [-0.3, -0.25) is 4.79 Å². The van der Waals surface area contributed by atoms with Gasteiger partial charge in [-0.25, -0.2) is 0 Å². The number of carbonyl (C=O) groups is 1. The zero-order chi connectivity index (χ0) is 9.42. The first-order chi connectivity index (χ1) is 6.18. The number of rotatable bonds is 2. The molecule has 2 unspecified atom stereocenters. The van der Waals surface area contributed by atoms with Gasteiger partial charge < -0.3 is 10.1 Å². The number of ether oxygens (including phenoxy) is 1. The molecule has 1 N–H and O–H groups in total. The molecule has 13 heavy (non-hydrogen) atoms. The quantitative estimate of drug-likeness (QED) is 0.691. The standard InChI is InChI=1S/C10H17NO2/c1-6-5-8(6)10(12)11-9-3-4-13-7(9)2/h6-9H,3-5H2,1-2H3,(H,11,12)/t6-,7?,8-,9?/m1/s1. The second-order valence-corrected chi connectivity index (χ2v) is 4.30. The van der Waals surface area contributed by atoms with Gasteiger partial charge in [0, 0.05) is 12.5 Å². The third-order valence-corrected chi connectivity index (χ3v) is 3.15. The van der Waals surface area contributed by atoms with E-state index >= 15 is 0 Å². The van der Waals surface area contributed by atoms with E-state index in [1.54, 1.807) is 0 Å². The first-order valence-corrected chi connectivity index (χ1v) is 5.10. The van der Waals surface area contributed by atoms with Gasteiger partial charge in [0.1, 0.15) is 0 Å². The number of hydrogen-bond donors (Lipinski definition) is 1. The molecule has 3 heteroatoms. The minimum atomic E-state index is 0.193. The molecule has 1 heterocycles. The zero-order valence-corrected chi connectivity index (χ0v) is 8.25. The van der Waals surface area contributed by atoms with E-state index in [1.165, 1.54) is 0 Å². The fourth-order valence-electron chi connectivity index (χ4n) is 1.90. The molecule has 1 saturated heterocycles. The highest BCUT2D eigenvalue weighted by molar-refractivity contribution is 5.81. The van der Waals surface area contributed by atoms with Crippen LogP contribution in [0.1, 0.15) is 26.7 Å². The molecular formula is C10H17NO2. The molecule has 0 aromatic rings. The average Bonchev–Trinajstić information content (AvgIpc) is 2.68. The van der Waals surface area contributed by atoms with Crippen LogP contribution < -0.4 is 5.32 Å². The third-order valence-electron chi connectivity index (χ3n) is 3.15. The van der Waals surface area contributed by atoms with Crippen LogP contribution in [-0.4, -0.2) is 24.7 Å². The molecule has 0 aromatic heterocycles. The van der Waals surface area contributed by atoms with Gasteiger partial charge in [0.2, 0.25) is 5.91 Å². The van der Waals surface area contributed by atoms with Crippen LogP contribution in [0.4, 0.5) is 0 Å². The van der Waals surface area contributed by atoms with Crippen molar-refractivity contribution in [1.82, 2.24) is 5.32 Å². The molecule has 1 amide bonds. The normalized spacial score (nSPS) is 43.2. The van der Waals surface area contributed by atoms with E-state index in [9.17, 15) is 4.79 Å². The Kier molecular flexibility index (Phi) is 2.28. The van der Waals surface area contributed by atoms with Crippen molar-refractivity contribution in [2.75, 3.05) is 6.61 Å². The molecule has 74 valence electrons. The largest absolute Gasteiger partial charge is 0.376 e. The van der Waals surface area contributed by atoms with Crippen LogP contribution in [0.2, 0.25) is 0 Å². The Labute approximate surface area is 78.8 Å². The summed E-state index contributed by atoms with van der Waals surface area (Å²) in [4.78, 5) is 11.6. The number of amides is 1. The first kappa shape index (κ1) is 9.00. The van der Waals surface area contributed by atoms with Crippen LogP contribution in [0.3, 0.4) is 0 Å². The molecule has 1 aliphatic carbocycles. The molecule has 3 nitrogen and oxygen atoms in total. The second kappa shape index (κ2) is 3.29. The number of carbonyl (C=O) groups excluding carboxylic acids is 1. The fraction of sp³-hybridized carbons (Fsp3) is 0.900. The SMILES string of the molecule is CC1OCCC1NC(=O)[C@@H]1C[C@H]1C. The van der Waals surface area contributed by atoms with Crippen molar-refractivity contribution >= 4 is 5.91 Å². The van der Waals surface area contributed by atoms with Crippen molar-refractivity contribution in [3.8, 4) is 0 Å². The molecule has 4 atom stereocenters. The maximum absolute atomic E-state index is 11.6. The van der Waals surface area contributed by atoms with Crippen LogP contribution in [-0.2, 0) is 9.53 Å². The van der Waals surface area contributed by atoms with Crippen LogP contribution in [0.15, 0.2) is 0 Å². The molecule has 2 fully saturated rings. The topological polar surface area (TPSA) is 38.3 Å². The molecule has 0 bridgehead atoms. The van der Waals surface area contributed by atoms with Crippen molar-refractivity contribution < 1.29 is 9.53 Å². The monoisotopic (exact) mass is 183 g/mol. The molecule has 2 aliphatic rings. The molecule has 0 aromatic carbocycles. The highest BCUT2D eigenvalue weighted by atomic mass is 16.5. The van der Waals surface area contributed by atoms with Crippen molar-refractivity contribution in [3.63, 3.8) is 0 Å². The Balaban J connectivity index is 1.80. The number of hydrogen-bond acceptors (Lipinski definition) is 2. The van der Waals surface area contributed by atoms with Crippen LogP contribution in [0.5, 0.6) is 0 Å². The summed E-state index contributed by atoms with van der Waals surface area (Å²) in [7, 11) is 0. The van der Waals surface area contributed by atoms with E-state index in [0.29, 0.717) is 5.92 Å². The van der Waals surface area contributed by atoms with Crippen molar-refractivity contribution in [1.29, 1.82) is 0 Å². The summed E-state index contributed by atoms with van der Waals surface area (Å²) in [6.07, 6.45) is 2.22. The van der Waals surface area contributed by atoms with E-state index in [-0.39, 0.29) is 24.0 Å². The minimum Gasteiger partial charge on any atom is -0.376 e. The van der Waals surface area contributed by atoms with Gasteiger partial charge in [0.15, 0.2) is 0 Å². The van der Waals surface area contributed by atoms with Crippen molar-refractivity contribution in [2.45, 2.75) is 38.8 Å². The van der Waals surface area contributed by atoms with Crippen LogP contribution in [0.25, 0.3) is 0 Å². The Bertz CT molecular complexity index is 217. The molecule has 0 spiro atoms. The lowest BCUT2D eigenvalue weighted by atomic mass is 10.1. The lowest BCUT2D eigenvalue weighted by molar-refractivity contribution is -0.123. The Morgan fingerprint density at radius 2 is 2.15 bits per heavy atom. The zero-order valence-electron chi connectivity index (χ0n) is 8.25. The number of nitrogens with one attached hydrogen (secondary N) is 1. The maximum atomic E-state index is 11.6. The predicted molar refractivity (Wildman–Crippen MR) is 49.2 cm³/mol. The average molecular weight is 183 g/mol. The van der Waals surface area contributed by atoms with Gasteiger partial charge in [-0.15, -0.1) is 0 Å². The Morgan fingerprint density at radius 3 is 2.62 bits per heavy atom. The molecule has 0 radical (unpaired) electrons. The van der Waals surface area contributed by atoms with Crippen molar-refractivity contribution in [2.24, 2.45) is 11.8 Å². The summed E-state index contributed by atoms with van der Waals surface area (Å²) in [6, 6.07) is 0.250. The van der Waals surface area contributed by atoms with Crippen molar-refractivity contribution in [3.05, 3.63) is 0 Å². The Hall–Kier alpha value is -0.570. The maximum Gasteiger partial charge on any atom is 0.223 e. The van der Waals surface area contributed by atoms with Gasteiger partial charge in [-0.1, -0.05) is 6.92 Å². The van der Waals surface area contributed by atoms with E-state index in [2.05, 4.69) is 12.2 Å². The van der Waals surface area contributed by atoms with Crippen LogP contribution >= 0.6 is 0 Å². The summed E-state index contributed by atoms with van der Waals surface area (Å²) < 4.78 is 5.38. The minimum absolute atomic E-state index is 0.193. The highest BCUT2D eigenvalue weighted by Crippen LogP contribution is 2.37. The first-order valence-electron chi connectivity index (χ1n) is 5.10. The predicted octanol–water partition coefficient (Wildman–Crippen LogP) is 0.936. The smallest absolute Gasteiger partial charge is 0.223 e. The van der Waals surface area contributed by atoms with Gasteiger partial charge in [0.05, 0.1) is 12.1 Å². The molecular weight excluding hydrogens is 166 g/mol. The van der Waals surface area contributed by atoms with E-state index in [0.717, 1.165) is 19.4 Å². The summed E-state index contributed by atoms with van der Waals surface area (Å²) in [6.45, 7) is 4.93. The summed E-state index contributed by atoms with van der Waals surface area (Å²) in [5.74, 6) is 1.11. The molecule has 1 aliphatic heterocycles. The van der Waals surface area contributed by atoms with Gasteiger partial charge in [-0.05, 0) is 25.7 Å². The summed E-state index contributed by atoms with van der Waals surface area (Å²) in [5.41, 5.74) is 0. The molecule has 1 saturated carbocycles. The van der Waals surface area contributed by atoms with E-state index < -0.39 is 0 Å². The van der Waals surface area contributed by atoms with E-state index in [1.807, 2.05) is 6.92 Å². The lowest BCUT2D eigenvalue weighted by Crippen LogP contribution is -2.40. The third kappa shape index (κ3) is 1.85. The second-order valence-electron chi connectivity index (χ2n) is 4.30. The van der Waals surface area contributed by atoms with Gasteiger partial charge in [-0.2, -0.15) is 0 Å². The summed E-state index contributed by atoms with van der Waals surface area (Å²) in [5, 5.41) is 3.06. The van der Waals surface area contributed by atoms with Crippen LogP contribution in [0, 0.1) is 11.8 Å².